The summed E-state index contributed by atoms with van der Waals surface area (Å²) in [5, 5.41) is 0. The van der Waals surface area contributed by atoms with Gasteiger partial charge in [-0.15, -0.1) is 6.58 Å². The fourth-order valence-corrected chi connectivity index (χ4v) is 1.49. The van der Waals surface area contributed by atoms with Gasteiger partial charge in [-0.3, -0.25) is 0 Å². The SMILES string of the molecule is C=CCCCC(N)c1ccc(C)c(F)c1. The van der Waals surface area contributed by atoms with Crippen LogP contribution in [-0.4, -0.2) is 0 Å². The molecule has 1 atom stereocenters. The second kappa shape index (κ2) is 5.66. The Morgan fingerprint density at radius 1 is 1.53 bits per heavy atom. The topological polar surface area (TPSA) is 26.0 Å². The molecule has 15 heavy (non-hydrogen) atoms. The third-order valence-corrected chi connectivity index (χ3v) is 2.55. The first-order valence-electron chi connectivity index (χ1n) is 5.27. The van der Waals surface area contributed by atoms with Crippen LogP contribution in [0.5, 0.6) is 0 Å². The van der Waals surface area contributed by atoms with Gasteiger partial charge in [-0.2, -0.15) is 0 Å². The molecule has 0 radical (unpaired) electrons. The van der Waals surface area contributed by atoms with Crippen LogP contribution >= 0.6 is 0 Å². The number of hydrogen-bond donors (Lipinski definition) is 1. The number of nitrogens with two attached hydrogens (primary N) is 1. The molecule has 1 unspecified atom stereocenters. The number of aryl methyl sites for hydroxylation is 1. The van der Waals surface area contributed by atoms with Gasteiger partial charge in [0.2, 0.25) is 0 Å². The van der Waals surface area contributed by atoms with Crippen LogP contribution in [0.2, 0.25) is 0 Å². The standard InChI is InChI=1S/C13H18FN/c1-3-4-5-6-13(15)11-8-7-10(2)12(14)9-11/h3,7-9,13H,1,4-6,15H2,2H3. The molecule has 0 saturated carbocycles. The van der Waals surface area contributed by atoms with Crippen molar-refractivity contribution >= 4 is 0 Å². The Morgan fingerprint density at radius 3 is 2.87 bits per heavy atom. The highest BCUT2D eigenvalue weighted by molar-refractivity contribution is 5.25. The fraction of sp³-hybridized carbons (Fsp3) is 0.385. The van der Waals surface area contributed by atoms with Gasteiger partial charge in [-0.1, -0.05) is 18.2 Å². The lowest BCUT2D eigenvalue weighted by Gasteiger charge is -2.12. The number of hydrogen-bond acceptors (Lipinski definition) is 1. The minimum Gasteiger partial charge on any atom is -0.324 e. The molecule has 1 aromatic carbocycles. The second-order valence-electron chi connectivity index (χ2n) is 3.83. The summed E-state index contributed by atoms with van der Waals surface area (Å²) in [7, 11) is 0. The maximum atomic E-state index is 13.3. The molecule has 0 aliphatic carbocycles. The van der Waals surface area contributed by atoms with Crippen LogP contribution in [0.15, 0.2) is 30.9 Å². The summed E-state index contributed by atoms with van der Waals surface area (Å²) >= 11 is 0. The van der Waals surface area contributed by atoms with Crippen molar-refractivity contribution < 1.29 is 4.39 Å². The number of halogens is 1. The van der Waals surface area contributed by atoms with E-state index in [1.807, 2.05) is 12.1 Å². The van der Waals surface area contributed by atoms with E-state index in [4.69, 9.17) is 5.73 Å². The number of unbranched alkanes of at least 4 members (excludes halogenated alkanes) is 1. The molecular weight excluding hydrogens is 189 g/mol. The summed E-state index contributed by atoms with van der Waals surface area (Å²) in [6.45, 7) is 5.41. The Kier molecular flexibility index (Phi) is 4.50. The molecule has 82 valence electrons. The Labute approximate surface area is 90.8 Å². The van der Waals surface area contributed by atoms with Crippen molar-refractivity contribution in [2.24, 2.45) is 5.73 Å². The molecule has 1 aromatic rings. The molecule has 0 spiro atoms. The van der Waals surface area contributed by atoms with Gasteiger partial charge in [0.05, 0.1) is 0 Å². The Bertz CT molecular complexity index is 333. The van der Waals surface area contributed by atoms with Crippen molar-refractivity contribution in [3.8, 4) is 0 Å². The lowest BCUT2D eigenvalue weighted by atomic mass is 10.0. The summed E-state index contributed by atoms with van der Waals surface area (Å²) in [5.41, 5.74) is 7.49. The molecule has 0 heterocycles. The predicted octanol–water partition coefficient (Wildman–Crippen LogP) is 3.49. The van der Waals surface area contributed by atoms with Gasteiger partial charge in [0, 0.05) is 6.04 Å². The first-order valence-corrected chi connectivity index (χ1v) is 5.27. The van der Waals surface area contributed by atoms with E-state index < -0.39 is 0 Å². The fourth-order valence-electron chi connectivity index (χ4n) is 1.49. The van der Waals surface area contributed by atoms with Crippen LogP contribution in [0, 0.1) is 12.7 Å². The van der Waals surface area contributed by atoms with Crippen LogP contribution in [0.25, 0.3) is 0 Å². The maximum absolute atomic E-state index is 13.3. The predicted molar refractivity (Wildman–Crippen MR) is 62.1 cm³/mol. The van der Waals surface area contributed by atoms with Crippen molar-refractivity contribution in [2.75, 3.05) is 0 Å². The number of rotatable bonds is 5. The minimum absolute atomic E-state index is 0.0694. The van der Waals surface area contributed by atoms with E-state index in [1.54, 1.807) is 13.0 Å². The lowest BCUT2D eigenvalue weighted by Crippen LogP contribution is -2.10. The summed E-state index contributed by atoms with van der Waals surface area (Å²) in [5.74, 6) is -0.174. The molecule has 1 rings (SSSR count). The van der Waals surface area contributed by atoms with E-state index in [1.165, 1.54) is 6.07 Å². The van der Waals surface area contributed by atoms with Gasteiger partial charge in [0.1, 0.15) is 5.82 Å². The van der Waals surface area contributed by atoms with E-state index >= 15 is 0 Å². The van der Waals surface area contributed by atoms with E-state index in [-0.39, 0.29) is 11.9 Å². The monoisotopic (exact) mass is 207 g/mol. The van der Waals surface area contributed by atoms with Crippen molar-refractivity contribution in [2.45, 2.75) is 32.2 Å². The van der Waals surface area contributed by atoms with Gasteiger partial charge in [0.15, 0.2) is 0 Å². The molecule has 1 nitrogen and oxygen atoms in total. The molecule has 0 aliphatic rings. The van der Waals surface area contributed by atoms with E-state index in [2.05, 4.69) is 6.58 Å². The summed E-state index contributed by atoms with van der Waals surface area (Å²) in [6.07, 6.45) is 4.71. The highest BCUT2D eigenvalue weighted by atomic mass is 19.1. The van der Waals surface area contributed by atoms with E-state index in [0.717, 1.165) is 24.8 Å². The third-order valence-electron chi connectivity index (χ3n) is 2.55. The highest BCUT2D eigenvalue weighted by Gasteiger charge is 2.07. The van der Waals surface area contributed by atoms with Crippen LogP contribution in [0.1, 0.15) is 36.4 Å². The van der Waals surface area contributed by atoms with Crippen LogP contribution < -0.4 is 5.73 Å². The zero-order valence-corrected chi connectivity index (χ0v) is 9.17. The zero-order valence-electron chi connectivity index (χ0n) is 9.17. The second-order valence-corrected chi connectivity index (χ2v) is 3.83. The summed E-state index contributed by atoms with van der Waals surface area (Å²) in [6, 6.07) is 5.14. The molecule has 0 aromatic heterocycles. The third kappa shape index (κ3) is 3.48. The molecular formula is C13H18FN. The largest absolute Gasteiger partial charge is 0.324 e. The normalized spacial score (nSPS) is 12.5. The van der Waals surface area contributed by atoms with Gasteiger partial charge in [-0.25, -0.2) is 4.39 Å². The number of allylic oxidation sites excluding steroid dienone is 1. The molecule has 2 N–H and O–H groups in total. The van der Waals surface area contributed by atoms with Crippen molar-refractivity contribution in [1.82, 2.24) is 0 Å². The van der Waals surface area contributed by atoms with Crippen LogP contribution in [0.4, 0.5) is 4.39 Å². The molecule has 2 heteroatoms. The average molecular weight is 207 g/mol. The quantitative estimate of drug-likeness (QED) is 0.580. The zero-order chi connectivity index (χ0) is 11.3. The first-order chi connectivity index (χ1) is 7.15. The van der Waals surface area contributed by atoms with Crippen LogP contribution in [0.3, 0.4) is 0 Å². The summed E-state index contributed by atoms with van der Waals surface area (Å²) in [4.78, 5) is 0. The molecule has 0 bridgehead atoms. The Morgan fingerprint density at radius 2 is 2.27 bits per heavy atom. The maximum Gasteiger partial charge on any atom is 0.126 e. The molecule has 0 saturated heterocycles. The highest BCUT2D eigenvalue weighted by Crippen LogP contribution is 2.19. The van der Waals surface area contributed by atoms with Gasteiger partial charge < -0.3 is 5.73 Å². The van der Waals surface area contributed by atoms with Crippen LogP contribution in [-0.2, 0) is 0 Å². The van der Waals surface area contributed by atoms with E-state index in [0.29, 0.717) is 5.56 Å². The Hall–Kier alpha value is -1.15. The minimum atomic E-state index is -0.174. The van der Waals surface area contributed by atoms with Crippen molar-refractivity contribution in [1.29, 1.82) is 0 Å². The molecule has 0 amide bonds. The first kappa shape index (κ1) is 11.9. The van der Waals surface area contributed by atoms with Gasteiger partial charge in [0.25, 0.3) is 0 Å². The van der Waals surface area contributed by atoms with E-state index in [9.17, 15) is 4.39 Å². The van der Waals surface area contributed by atoms with Crippen molar-refractivity contribution in [3.63, 3.8) is 0 Å². The van der Waals surface area contributed by atoms with Crippen molar-refractivity contribution in [3.05, 3.63) is 47.8 Å². The smallest absolute Gasteiger partial charge is 0.126 e. The van der Waals surface area contributed by atoms with Gasteiger partial charge >= 0.3 is 0 Å². The molecule has 0 fully saturated rings. The lowest BCUT2D eigenvalue weighted by molar-refractivity contribution is 0.591. The average Bonchev–Trinajstić information content (AvgIpc) is 2.22. The molecule has 0 aliphatic heterocycles. The Balaban J connectivity index is 2.61. The summed E-state index contributed by atoms with van der Waals surface area (Å²) < 4.78 is 13.3. The number of benzene rings is 1. The van der Waals surface area contributed by atoms with Gasteiger partial charge in [-0.05, 0) is 43.4 Å².